The van der Waals surface area contributed by atoms with E-state index in [-0.39, 0.29) is 6.03 Å². The van der Waals surface area contributed by atoms with E-state index in [0.29, 0.717) is 50.3 Å². The second-order valence-corrected chi connectivity index (χ2v) is 6.77. The number of amides is 2. The molecule has 28 heavy (non-hydrogen) atoms. The van der Waals surface area contributed by atoms with E-state index in [4.69, 9.17) is 14.5 Å². The topological polar surface area (TPSA) is 79.8 Å². The van der Waals surface area contributed by atoms with Crippen molar-refractivity contribution in [3.05, 3.63) is 41.7 Å². The van der Waals surface area contributed by atoms with Crippen LogP contribution in [0.15, 0.2) is 30.5 Å². The van der Waals surface area contributed by atoms with Gasteiger partial charge in [0.1, 0.15) is 5.75 Å². The van der Waals surface area contributed by atoms with Gasteiger partial charge in [-0.25, -0.2) is 14.8 Å². The zero-order valence-electron chi connectivity index (χ0n) is 16.1. The molecule has 4 rings (SSSR count). The van der Waals surface area contributed by atoms with E-state index in [0.717, 1.165) is 30.8 Å². The van der Waals surface area contributed by atoms with Crippen molar-refractivity contribution in [3.63, 3.8) is 0 Å². The standard InChI is InChI=1S/C20H25N5O3/c1-2-28-18-6-4-3-5-16(18)23-20(26)25-8-7-15-13-21-19(22-17(15)14-25)24-9-11-27-12-10-24/h3-6,13H,2,7-12,14H2,1H3,(H,23,26). The fraction of sp³-hybridized carbons (Fsp3) is 0.450. The third-order valence-corrected chi connectivity index (χ3v) is 4.94. The monoisotopic (exact) mass is 383 g/mol. The normalized spacial score (nSPS) is 16.5. The van der Waals surface area contributed by atoms with Crippen LogP contribution >= 0.6 is 0 Å². The summed E-state index contributed by atoms with van der Waals surface area (Å²) in [7, 11) is 0. The van der Waals surface area contributed by atoms with E-state index in [1.54, 1.807) is 4.90 Å². The summed E-state index contributed by atoms with van der Waals surface area (Å²) >= 11 is 0. The Balaban J connectivity index is 1.46. The molecule has 2 aromatic rings. The summed E-state index contributed by atoms with van der Waals surface area (Å²) in [4.78, 5) is 26.0. The van der Waals surface area contributed by atoms with Gasteiger partial charge in [-0.3, -0.25) is 0 Å². The molecular formula is C20H25N5O3. The van der Waals surface area contributed by atoms with Gasteiger partial charge in [-0.15, -0.1) is 0 Å². The van der Waals surface area contributed by atoms with Gasteiger partial charge in [0.15, 0.2) is 0 Å². The molecule has 2 aliphatic rings. The lowest BCUT2D eigenvalue weighted by molar-refractivity contribution is 0.122. The van der Waals surface area contributed by atoms with Gasteiger partial charge in [0.2, 0.25) is 5.95 Å². The van der Waals surface area contributed by atoms with Gasteiger partial charge in [0.05, 0.1) is 37.7 Å². The number of rotatable bonds is 4. The van der Waals surface area contributed by atoms with Gasteiger partial charge < -0.3 is 24.6 Å². The van der Waals surface area contributed by atoms with Crippen molar-refractivity contribution < 1.29 is 14.3 Å². The van der Waals surface area contributed by atoms with Crippen LogP contribution in [0, 0.1) is 0 Å². The number of carbonyl (C=O) groups excluding carboxylic acids is 1. The van der Waals surface area contributed by atoms with E-state index in [1.165, 1.54) is 0 Å². The van der Waals surface area contributed by atoms with Crippen molar-refractivity contribution in [1.29, 1.82) is 0 Å². The average molecular weight is 383 g/mol. The van der Waals surface area contributed by atoms with Crippen LogP contribution in [-0.4, -0.2) is 60.4 Å². The number of anilines is 2. The number of ether oxygens (including phenoxy) is 2. The number of aromatic nitrogens is 2. The first-order valence-corrected chi connectivity index (χ1v) is 9.70. The predicted octanol–water partition coefficient (Wildman–Crippen LogP) is 2.30. The largest absolute Gasteiger partial charge is 0.492 e. The number of para-hydroxylation sites is 2. The number of nitrogens with one attached hydrogen (secondary N) is 1. The molecule has 0 unspecified atom stereocenters. The van der Waals surface area contributed by atoms with Gasteiger partial charge in [-0.2, -0.15) is 0 Å². The minimum atomic E-state index is -0.149. The molecule has 0 saturated carbocycles. The maximum Gasteiger partial charge on any atom is 0.322 e. The highest BCUT2D eigenvalue weighted by atomic mass is 16.5. The molecule has 3 heterocycles. The fourth-order valence-electron chi connectivity index (χ4n) is 3.43. The SMILES string of the molecule is CCOc1ccccc1NC(=O)N1CCc2cnc(N3CCOCC3)nc2C1. The van der Waals surface area contributed by atoms with Crippen LogP contribution in [0.25, 0.3) is 0 Å². The molecule has 0 bridgehead atoms. The Hall–Kier alpha value is -2.87. The summed E-state index contributed by atoms with van der Waals surface area (Å²) in [5.74, 6) is 1.39. The highest BCUT2D eigenvalue weighted by Gasteiger charge is 2.24. The van der Waals surface area contributed by atoms with Crippen molar-refractivity contribution in [2.45, 2.75) is 19.9 Å². The molecule has 1 aromatic carbocycles. The van der Waals surface area contributed by atoms with Gasteiger partial charge in [0, 0.05) is 25.8 Å². The number of hydrogen-bond acceptors (Lipinski definition) is 6. The van der Waals surface area contributed by atoms with Gasteiger partial charge in [0.25, 0.3) is 0 Å². The van der Waals surface area contributed by atoms with Crippen molar-refractivity contribution in [1.82, 2.24) is 14.9 Å². The van der Waals surface area contributed by atoms with Crippen LogP contribution in [0.3, 0.4) is 0 Å². The maximum atomic E-state index is 12.8. The van der Waals surface area contributed by atoms with E-state index < -0.39 is 0 Å². The smallest absolute Gasteiger partial charge is 0.322 e. The Bertz CT molecular complexity index is 838. The van der Waals surface area contributed by atoms with Crippen molar-refractivity contribution >= 4 is 17.7 Å². The summed E-state index contributed by atoms with van der Waals surface area (Å²) in [6, 6.07) is 7.32. The molecule has 0 radical (unpaired) electrons. The lowest BCUT2D eigenvalue weighted by Crippen LogP contribution is -2.40. The molecule has 0 spiro atoms. The molecule has 2 aliphatic heterocycles. The molecule has 1 fully saturated rings. The molecule has 0 aliphatic carbocycles. The van der Waals surface area contributed by atoms with Crippen LogP contribution in [0.4, 0.5) is 16.4 Å². The van der Waals surface area contributed by atoms with Gasteiger partial charge in [-0.1, -0.05) is 12.1 Å². The summed E-state index contributed by atoms with van der Waals surface area (Å²) in [6.07, 6.45) is 2.64. The molecule has 0 atom stereocenters. The number of carbonyl (C=O) groups is 1. The fourth-order valence-corrected chi connectivity index (χ4v) is 3.43. The summed E-state index contributed by atoms with van der Waals surface area (Å²) in [5, 5.41) is 2.97. The number of hydrogen-bond donors (Lipinski definition) is 1. The number of morpholine rings is 1. The van der Waals surface area contributed by atoms with Crippen LogP contribution in [0.1, 0.15) is 18.2 Å². The molecule has 148 valence electrons. The van der Waals surface area contributed by atoms with E-state index in [2.05, 4.69) is 15.2 Å². The number of urea groups is 1. The molecule has 1 N–H and O–H groups in total. The van der Waals surface area contributed by atoms with Crippen LogP contribution in [0.2, 0.25) is 0 Å². The predicted molar refractivity (Wildman–Crippen MR) is 106 cm³/mol. The van der Waals surface area contributed by atoms with E-state index >= 15 is 0 Å². The first-order valence-electron chi connectivity index (χ1n) is 9.70. The van der Waals surface area contributed by atoms with E-state index in [9.17, 15) is 4.79 Å². The van der Waals surface area contributed by atoms with Crippen molar-refractivity contribution in [3.8, 4) is 5.75 Å². The van der Waals surface area contributed by atoms with Gasteiger partial charge >= 0.3 is 6.03 Å². The van der Waals surface area contributed by atoms with E-state index in [1.807, 2.05) is 37.4 Å². The first kappa shape index (κ1) is 18.5. The van der Waals surface area contributed by atoms with Crippen molar-refractivity contribution in [2.24, 2.45) is 0 Å². The molecule has 2 amide bonds. The second kappa shape index (κ2) is 8.43. The summed E-state index contributed by atoms with van der Waals surface area (Å²) < 4.78 is 11.0. The summed E-state index contributed by atoms with van der Waals surface area (Å²) in [5.41, 5.74) is 2.70. The lowest BCUT2D eigenvalue weighted by atomic mass is 10.1. The highest BCUT2D eigenvalue weighted by Crippen LogP contribution is 2.25. The van der Waals surface area contributed by atoms with Crippen LogP contribution in [0.5, 0.6) is 5.75 Å². The average Bonchev–Trinajstić information content (AvgIpc) is 2.75. The third-order valence-electron chi connectivity index (χ3n) is 4.94. The molecule has 8 nitrogen and oxygen atoms in total. The maximum absolute atomic E-state index is 12.8. The number of benzene rings is 1. The number of nitrogens with zero attached hydrogens (tertiary/aromatic N) is 4. The Morgan fingerprint density at radius 2 is 2.07 bits per heavy atom. The summed E-state index contributed by atoms with van der Waals surface area (Å²) in [6.45, 7) is 6.53. The Kier molecular flexibility index (Phi) is 5.57. The molecular weight excluding hydrogens is 358 g/mol. The lowest BCUT2D eigenvalue weighted by Gasteiger charge is -2.31. The third kappa shape index (κ3) is 4.01. The molecule has 1 aromatic heterocycles. The van der Waals surface area contributed by atoms with Crippen LogP contribution < -0.4 is 15.0 Å². The first-order chi connectivity index (χ1) is 13.7. The highest BCUT2D eigenvalue weighted by molar-refractivity contribution is 5.91. The quantitative estimate of drug-likeness (QED) is 0.873. The zero-order valence-corrected chi connectivity index (χ0v) is 16.1. The Labute approximate surface area is 164 Å². The Morgan fingerprint density at radius 1 is 1.25 bits per heavy atom. The number of fused-ring (bicyclic) bond motifs is 1. The van der Waals surface area contributed by atoms with Crippen LogP contribution in [-0.2, 0) is 17.7 Å². The molecule has 8 heteroatoms. The van der Waals surface area contributed by atoms with Crippen molar-refractivity contribution in [2.75, 3.05) is 49.7 Å². The zero-order chi connectivity index (χ0) is 19.3. The minimum Gasteiger partial charge on any atom is -0.492 e. The Morgan fingerprint density at radius 3 is 2.89 bits per heavy atom. The van der Waals surface area contributed by atoms with Gasteiger partial charge in [-0.05, 0) is 31.0 Å². The second-order valence-electron chi connectivity index (χ2n) is 6.77. The minimum absolute atomic E-state index is 0.149. The molecule has 1 saturated heterocycles.